The van der Waals surface area contributed by atoms with Crippen molar-refractivity contribution in [3.8, 4) is 0 Å². The lowest BCUT2D eigenvalue weighted by Gasteiger charge is -2.30. The number of aryl methyl sites for hydroxylation is 1. The monoisotopic (exact) mass is 463 g/mol. The zero-order valence-electron chi connectivity index (χ0n) is 17.1. The van der Waals surface area contributed by atoms with Gasteiger partial charge in [0, 0.05) is 30.5 Å². The average molecular weight is 464 g/mol. The molecule has 1 aromatic heterocycles. The number of fused-ring (bicyclic) bond motifs is 1. The van der Waals surface area contributed by atoms with Crippen LogP contribution in [0.5, 0.6) is 0 Å². The molecule has 0 saturated heterocycles. The van der Waals surface area contributed by atoms with Gasteiger partial charge in [0.1, 0.15) is 17.7 Å². The van der Waals surface area contributed by atoms with Gasteiger partial charge in [-0.2, -0.15) is 13.2 Å². The third kappa shape index (κ3) is 4.02. The first-order valence-corrected chi connectivity index (χ1v) is 10.1. The fourth-order valence-corrected chi connectivity index (χ4v) is 4.02. The number of nitrogens with zero attached hydrogens (tertiary/aromatic N) is 3. The van der Waals surface area contributed by atoms with Gasteiger partial charge in [0.15, 0.2) is 0 Å². The topological polar surface area (TPSA) is 36.4 Å². The molecule has 0 N–H and O–H groups in total. The number of aromatic nitrogens is 1. The lowest BCUT2D eigenvalue weighted by atomic mass is 10.1. The molecule has 0 bridgehead atoms. The number of pyridine rings is 1. The zero-order valence-corrected chi connectivity index (χ0v) is 17.9. The Morgan fingerprint density at radius 3 is 2.56 bits per heavy atom. The predicted molar refractivity (Wildman–Crippen MR) is 115 cm³/mol. The molecule has 0 fully saturated rings. The number of alkyl halides is 3. The van der Waals surface area contributed by atoms with Crippen LogP contribution in [0.1, 0.15) is 16.8 Å². The van der Waals surface area contributed by atoms with E-state index in [9.17, 15) is 22.4 Å². The van der Waals surface area contributed by atoms with E-state index >= 15 is 0 Å². The standard InChI is InChI=1S/C23H18ClF4N3O/c1-13-9-15(23(26,27)28)11-21(29-13)31-19-6-4-3-5-14(19)10-20(31)22(32)30(2)16-7-8-18(25)17(24)12-16/h3-9,11-12,20H,10H2,1-2H3/t20-/m0/s1. The van der Waals surface area contributed by atoms with Crippen molar-refractivity contribution in [1.29, 1.82) is 0 Å². The highest BCUT2D eigenvalue weighted by molar-refractivity contribution is 6.31. The molecule has 0 spiro atoms. The van der Waals surface area contributed by atoms with E-state index in [1.54, 1.807) is 18.2 Å². The third-order valence-electron chi connectivity index (χ3n) is 5.40. The summed E-state index contributed by atoms with van der Waals surface area (Å²) in [5.41, 5.74) is 1.14. The number of para-hydroxylation sites is 1. The van der Waals surface area contributed by atoms with Gasteiger partial charge in [0.05, 0.1) is 10.6 Å². The average Bonchev–Trinajstić information content (AvgIpc) is 3.13. The van der Waals surface area contributed by atoms with Gasteiger partial charge < -0.3 is 9.80 Å². The molecule has 9 heteroatoms. The Kier molecular flexibility index (Phi) is 5.58. The van der Waals surface area contributed by atoms with Crippen molar-refractivity contribution in [2.24, 2.45) is 0 Å². The first-order chi connectivity index (χ1) is 15.1. The minimum atomic E-state index is -4.55. The molecule has 2 heterocycles. The summed E-state index contributed by atoms with van der Waals surface area (Å²) in [6.07, 6.45) is -4.27. The van der Waals surface area contributed by atoms with Crippen LogP contribution >= 0.6 is 11.6 Å². The molecule has 1 atom stereocenters. The van der Waals surface area contributed by atoms with Gasteiger partial charge in [-0.15, -0.1) is 0 Å². The van der Waals surface area contributed by atoms with E-state index in [0.717, 1.165) is 23.8 Å². The lowest BCUT2D eigenvalue weighted by molar-refractivity contribution is -0.137. The van der Waals surface area contributed by atoms with Crippen LogP contribution in [0.25, 0.3) is 0 Å². The quantitative estimate of drug-likeness (QED) is 0.452. The highest BCUT2D eigenvalue weighted by Gasteiger charge is 2.39. The van der Waals surface area contributed by atoms with E-state index in [1.165, 1.54) is 35.9 Å². The molecule has 0 aliphatic carbocycles. The van der Waals surface area contributed by atoms with E-state index in [2.05, 4.69) is 4.98 Å². The number of carbonyl (C=O) groups is 1. The Labute approximate surface area is 187 Å². The van der Waals surface area contributed by atoms with Crippen molar-refractivity contribution in [2.75, 3.05) is 16.8 Å². The molecule has 0 radical (unpaired) electrons. The highest BCUT2D eigenvalue weighted by Crippen LogP contribution is 2.40. The van der Waals surface area contributed by atoms with E-state index in [-0.39, 0.29) is 28.9 Å². The second-order valence-electron chi connectivity index (χ2n) is 7.57. The first kappa shape index (κ1) is 22.1. The maximum Gasteiger partial charge on any atom is 0.416 e. The molecule has 2 aromatic carbocycles. The molecule has 4 rings (SSSR count). The third-order valence-corrected chi connectivity index (χ3v) is 5.69. The van der Waals surface area contributed by atoms with E-state index in [0.29, 0.717) is 11.4 Å². The SMILES string of the molecule is Cc1cc(C(F)(F)F)cc(N2c3ccccc3C[C@H]2C(=O)N(C)c2ccc(F)c(Cl)c2)n1. The molecular formula is C23H18ClF4N3O. The van der Waals surface area contributed by atoms with Gasteiger partial charge >= 0.3 is 6.18 Å². The molecule has 1 amide bonds. The van der Waals surface area contributed by atoms with Gasteiger partial charge in [-0.05, 0) is 48.9 Å². The Morgan fingerprint density at radius 1 is 1.16 bits per heavy atom. The van der Waals surface area contributed by atoms with Crippen LogP contribution in [-0.2, 0) is 17.4 Å². The normalized spacial score (nSPS) is 15.6. The van der Waals surface area contributed by atoms with Crippen LogP contribution in [0.15, 0.2) is 54.6 Å². The maximum absolute atomic E-state index is 13.6. The van der Waals surface area contributed by atoms with Gasteiger partial charge in [-0.25, -0.2) is 9.37 Å². The number of anilines is 3. The fourth-order valence-electron chi connectivity index (χ4n) is 3.85. The minimum Gasteiger partial charge on any atom is -0.314 e. The molecule has 1 aliphatic rings. The van der Waals surface area contributed by atoms with Crippen LogP contribution in [-0.4, -0.2) is 24.0 Å². The molecule has 166 valence electrons. The predicted octanol–water partition coefficient (Wildman–Crippen LogP) is 5.93. The molecule has 4 nitrogen and oxygen atoms in total. The molecule has 3 aromatic rings. The molecule has 1 aliphatic heterocycles. The van der Waals surface area contributed by atoms with Crippen LogP contribution in [0.4, 0.5) is 34.8 Å². The minimum absolute atomic E-state index is 0.0335. The van der Waals surface area contributed by atoms with Gasteiger partial charge in [0.25, 0.3) is 0 Å². The number of benzene rings is 2. The van der Waals surface area contributed by atoms with Crippen molar-refractivity contribution < 1.29 is 22.4 Å². The second kappa shape index (κ2) is 8.09. The van der Waals surface area contributed by atoms with Crippen molar-refractivity contribution in [3.63, 3.8) is 0 Å². The summed E-state index contributed by atoms with van der Waals surface area (Å²) < 4.78 is 53.9. The molecule has 0 unspecified atom stereocenters. The van der Waals surface area contributed by atoms with Gasteiger partial charge in [0.2, 0.25) is 5.91 Å². The molecule has 0 saturated carbocycles. The van der Waals surface area contributed by atoms with E-state index < -0.39 is 23.6 Å². The summed E-state index contributed by atoms with van der Waals surface area (Å²) in [5, 5.41) is -0.135. The number of rotatable bonds is 3. The zero-order chi connectivity index (χ0) is 23.2. The van der Waals surface area contributed by atoms with Gasteiger partial charge in [-0.1, -0.05) is 29.8 Å². The number of likely N-dealkylation sites (N-methyl/N-ethyl adjacent to an activating group) is 1. The molecular weight excluding hydrogens is 446 g/mol. The maximum atomic E-state index is 13.6. The number of halogens is 5. The smallest absolute Gasteiger partial charge is 0.314 e. The fraction of sp³-hybridized carbons (Fsp3) is 0.217. The largest absolute Gasteiger partial charge is 0.416 e. The number of hydrogen-bond donors (Lipinski definition) is 0. The number of carbonyl (C=O) groups excluding carboxylic acids is 1. The summed E-state index contributed by atoms with van der Waals surface area (Å²) >= 11 is 5.86. The Morgan fingerprint density at radius 2 is 1.88 bits per heavy atom. The first-order valence-electron chi connectivity index (χ1n) is 9.72. The summed E-state index contributed by atoms with van der Waals surface area (Å²) in [7, 11) is 1.51. The Hall–Kier alpha value is -3.13. The van der Waals surface area contributed by atoms with Crippen molar-refractivity contribution in [3.05, 3.63) is 82.3 Å². The van der Waals surface area contributed by atoms with Gasteiger partial charge in [-0.3, -0.25) is 4.79 Å². The van der Waals surface area contributed by atoms with Crippen LogP contribution in [0.3, 0.4) is 0 Å². The van der Waals surface area contributed by atoms with Crippen molar-refractivity contribution in [2.45, 2.75) is 25.6 Å². The highest BCUT2D eigenvalue weighted by atomic mass is 35.5. The number of hydrogen-bond acceptors (Lipinski definition) is 3. The second-order valence-corrected chi connectivity index (χ2v) is 7.97. The van der Waals surface area contributed by atoms with E-state index in [4.69, 9.17) is 11.6 Å². The summed E-state index contributed by atoms with van der Waals surface area (Å²) in [5.74, 6) is -0.971. The van der Waals surface area contributed by atoms with Crippen molar-refractivity contribution in [1.82, 2.24) is 4.98 Å². The van der Waals surface area contributed by atoms with Crippen LogP contribution < -0.4 is 9.80 Å². The molecule has 32 heavy (non-hydrogen) atoms. The van der Waals surface area contributed by atoms with E-state index in [1.807, 2.05) is 6.07 Å². The number of amides is 1. The summed E-state index contributed by atoms with van der Waals surface area (Å²) in [6.45, 7) is 1.48. The Balaban J connectivity index is 1.78. The van der Waals surface area contributed by atoms with Crippen LogP contribution in [0, 0.1) is 12.7 Å². The summed E-state index contributed by atoms with van der Waals surface area (Å²) in [6, 6.07) is 12.1. The van der Waals surface area contributed by atoms with Crippen molar-refractivity contribution >= 4 is 34.7 Å². The lowest BCUT2D eigenvalue weighted by Crippen LogP contribution is -2.44. The summed E-state index contributed by atoms with van der Waals surface area (Å²) in [4.78, 5) is 20.6. The Bertz CT molecular complexity index is 1200. The van der Waals surface area contributed by atoms with Crippen LogP contribution in [0.2, 0.25) is 5.02 Å².